The van der Waals surface area contributed by atoms with Crippen LogP contribution in [0.15, 0.2) is 77.4 Å². The van der Waals surface area contributed by atoms with Crippen LogP contribution in [-0.2, 0) is 4.79 Å². The lowest BCUT2D eigenvalue weighted by Crippen LogP contribution is -2.33. The molecule has 0 spiro atoms. The van der Waals surface area contributed by atoms with Crippen molar-refractivity contribution in [1.82, 2.24) is 0 Å². The van der Waals surface area contributed by atoms with Crippen molar-refractivity contribution >= 4 is 35.1 Å². The first-order chi connectivity index (χ1) is 15.0. The molecule has 0 atom stereocenters. The summed E-state index contributed by atoms with van der Waals surface area (Å²) in [5.74, 6) is 1.61. The summed E-state index contributed by atoms with van der Waals surface area (Å²) in [5, 5.41) is 0.581. The number of hydrogen-bond acceptors (Lipinski definition) is 4. The van der Waals surface area contributed by atoms with Gasteiger partial charge in [-0.25, -0.2) is 4.99 Å². The maximum Gasteiger partial charge on any atom is 0.282 e. The van der Waals surface area contributed by atoms with Crippen LogP contribution in [0.4, 0.5) is 5.69 Å². The van der Waals surface area contributed by atoms with E-state index in [0.717, 1.165) is 16.7 Å². The predicted octanol–water partition coefficient (Wildman–Crippen LogP) is 5.50. The van der Waals surface area contributed by atoms with Crippen molar-refractivity contribution in [1.29, 1.82) is 0 Å². The monoisotopic (exact) mass is 432 g/mol. The minimum atomic E-state index is -0.242. The maximum atomic E-state index is 13.5. The average molecular weight is 433 g/mol. The van der Waals surface area contributed by atoms with Crippen molar-refractivity contribution in [2.45, 2.75) is 6.92 Å². The summed E-state index contributed by atoms with van der Waals surface area (Å²) in [5.41, 5.74) is 3.32. The summed E-state index contributed by atoms with van der Waals surface area (Å²) in [4.78, 5) is 19.8. The molecule has 0 aliphatic carbocycles. The Morgan fingerprint density at radius 3 is 2.52 bits per heavy atom. The summed E-state index contributed by atoms with van der Waals surface area (Å²) in [6, 6.07) is 20.4. The Hall–Kier alpha value is -3.57. The quantitative estimate of drug-likeness (QED) is 0.500. The molecule has 3 aromatic carbocycles. The number of ether oxygens (including phenoxy) is 2. The molecular weight excluding hydrogens is 412 g/mol. The van der Waals surface area contributed by atoms with E-state index >= 15 is 0 Å². The number of anilines is 1. The number of rotatable bonds is 5. The number of amides is 1. The molecule has 1 aliphatic rings. The van der Waals surface area contributed by atoms with E-state index < -0.39 is 0 Å². The Morgan fingerprint density at radius 2 is 1.74 bits per heavy atom. The molecule has 1 heterocycles. The van der Waals surface area contributed by atoms with E-state index in [1.165, 1.54) is 0 Å². The number of carbonyl (C=O) groups excluding carboxylic acids is 1. The lowest BCUT2D eigenvalue weighted by atomic mass is 10.1. The molecule has 0 N–H and O–H groups in total. The second-order valence-corrected chi connectivity index (χ2v) is 7.37. The molecule has 31 heavy (non-hydrogen) atoms. The van der Waals surface area contributed by atoms with Crippen LogP contribution in [0, 0.1) is 6.92 Å². The van der Waals surface area contributed by atoms with Crippen molar-refractivity contribution in [3.8, 4) is 11.5 Å². The fourth-order valence-corrected chi connectivity index (χ4v) is 3.64. The molecule has 0 unspecified atom stereocenters. The van der Waals surface area contributed by atoms with Gasteiger partial charge >= 0.3 is 0 Å². The van der Waals surface area contributed by atoms with Gasteiger partial charge in [0.25, 0.3) is 5.91 Å². The fourth-order valence-electron chi connectivity index (χ4n) is 3.47. The first-order valence-corrected chi connectivity index (χ1v) is 10.1. The van der Waals surface area contributed by atoms with E-state index in [0.29, 0.717) is 33.7 Å². The molecular formula is C25H21ClN2O3. The Bertz CT molecular complexity index is 1220. The largest absolute Gasteiger partial charge is 0.497 e. The zero-order chi connectivity index (χ0) is 22.0. The molecule has 0 radical (unpaired) electrons. The van der Waals surface area contributed by atoms with Crippen LogP contribution >= 0.6 is 11.6 Å². The Morgan fingerprint density at radius 1 is 0.968 bits per heavy atom. The van der Waals surface area contributed by atoms with Crippen LogP contribution in [0.25, 0.3) is 6.08 Å². The number of benzene rings is 3. The van der Waals surface area contributed by atoms with Crippen LogP contribution < -0.4 is 14.4 Å². The Balaban J connectivity index is 1.89. The predicted molar refractivity (Wildman–Crippen MR) is 124 cm³/mol. The summed E-state index contributed by atoms with van der Waals surface area (Å²) in [7, 11) is 3.20. The molecule has 0 fully saturated rings. The highest BCUT2D eigenvalue weighted by Gasteiger charge is 2.34. The van der Waals surface area contributed by atoms with E-state index in [-0.39, 0.29) is 5.91 Å². The highest BCUT2D eigenvalue weighted by Crippen LogP contribution is 2.34. The van der Waals surface area contributed by atoms with Gasteiger partial charge in [0.1, 0.15) is 23.0 Å². The van der Waals surface area contributed by atoms with Gasteiger partial charge in [-0.1, -0.05) is 48.0 Å². The van der Waals surface area contributed by atoms with Crippen LogP contribution in [0.2, 0.25) is 5.02 Å². The first kappa shape index (κ1) is 20.7. The smallest absolute Gasteiger partial charge is 0.282 e. The number of carbonyl (C=O) groups is 1. The van der Waals surface area contributed by atoms with Crippen molar-refractivity contribution < 1.29 is 14.3 Å². The molecule has 3 aromatic rings. The normalized spacial score (nSPS) is 14.7. The Kier molecular flexibility index (Phi) is 5.78. The van der Waals surface area contributed by atoms with Gasteiger partial charge in [-0.2, -0.15) is 0 Å². The van der Waals surface area contributed by atoms with Gasteiger partial charge in [0.05, 0.1) is 19.9 Å². The minimum absolute atomic E-state index is 0.242. The molecule has 1 amide bonds. The van der Waals surface area contributed by atoms with Gasteiger partial charge in [-0.15, -0.1) is 0 Å². The number of hydrogen-bond donors (Lipinski definition) is 0. The first-order valence-electron chi connectivity index (χ1n) is 9.71. The van der Waals surface area contributed by atoms with Gasteiger partial charge in [0.2, 0.25) is 0 Å². The summed E-state index contributed by atoms with van der Waals surface area (Å²) in [6.07, 6.45) is 1.74. The third kappa shape index (κ3) is 3.92. The lowest BCUT2D eigenvalue weighted by molar-refractivity contribution is -0.113. The molecule has 1 aliphatic heterocycles. The maximum absolute atomic E-state index is 13.5. The second-order valence-electron chi connectivity index (χ2n) is 6.96. The third-order valence-electron chi connectivity index (χ3n) is 5.10. The third-order valence-corrected chi connectivity index (χ3v) is 5.51. The van der Waals surface area contributed by atoms with Gasteiger partial charge in [0, 0.05) is 16.1 Å². The van der Waals surface area contributed by atoms with Crippen LogP contribution in [0.5, 0.6) is 11.5 Å². The lowest BCUT2D eigenvalue weighted by Gasteiger charge is -2.21. The van der Waals surface area contributed by atoms with Crippen molar-refractivity contribution in [3.05, 3.63) is 94.1 Å². The highest BCUT2D eigenvalue weighted by atomic mass is 35.5. The fraction of sp³-hybridized carbons (Fsp3) is 0.120. The van der Waals surface area contributed by atoms with Crippen molar-refractivity contribution in [2.24, 2.45) is 4.99 Å². The zero-order valence-electron chi connectivity index (χ0n) is 17.4. The Labute approximate surface area is 186 Å². The average Bonchev–Trinajstić information content (AvgIpc) is 3.12. The minimum Gasteiger partial charge on any atom is -0.497 e. The van der Waals surface area contributed by atoms with Gasteiger partial charge < -0.3 is 9.47 Å². The topological polar surface area (TPSA) is 51.1 Å². The summed E-state index contributed by atoms with van der Waals surface area (Å²) in [6.45, 7) is 1.88. The SMILES string of the molecule is COc1cccc(C2=N/C(=C\c3ccccc3OC)C(=O)N2c2cccc(Cl)c2C)c1. The molecule has 5 nitrogen and oxygen atoms in total. The molecule has 6 heteroatoms. The second kappa shape index (κ2) is 8.66. The molecule has 0 saturated heterocycles. The summed E-state index contributed by atoms with van der Waals surface area (Å²) < 4.78 is 10.8. The number of nitrogens with zero attached hydrogens (tertiary/aromatic N) is 2. The van der Waals surface area contributed by atoms with Crippen LogP contribution in [0.3, 0.4) is 0 Å². The van der Waals surface area contributed by atoms with Gasteiger partial charge in [0.15, 0.2) is 0 Å². The molecule has 0 saturated carbocycles. The van der Waals surface area contributed by atoms with Crippen molar-refractivity contribution in [2.75, 3.05) is 19.1 Å². The number of halogens is 1. The van der Waals surface area contributed by atoms with Crippen LogP contribution in [-0.4, -0.2) is 26.0 Å². The molecule has 156 valence electrons. The number of para-hydroxylation sites is 1. The van der Waals surface area contributed by atoms with E-state index in [9.17, 15) is 4.79 Å². The van der Waals surface area contributed by atoms with Crippen LogP contribution in [0.1, 0.15) is 16.7 Å². The number of methoxy groups -OCH3 is 2. The number of aliphatic imine (C=N–C) groups is 1. The highest BCUT2D eigenvalue weighted by molar-refractivity contribution is 6.35. The van der Waals surface area contributed by atoms with E-state index in [4.69, 9.17) is 26.1 Å². The standard InChI is InChI=1S/C25H21ClN2O3/c1-16-20(26)11-7-12-22(16)28-24(18-9-6-10-19(14-18)30-2)27-21(25(28)29)15-17-8-4-5-13-23(17)31-3/h4-15H,1-3H3/b21-15-. The van der Waals surface area contributed by atoms with Gasteiger partial charge in [-0.05, 0) is 48.9 Å². The molecule has 0 bridgehead atoms. The zero-order valence-corrected chi connectivity index (χ0v) is 18.2. The summed E-state index contributed by atoms with van der Waals surface area (Å²) >= 11 is 6.36. The molecule has 4 rings (SSSR count). The van der Waals surface area contributed by atoms with E-state index in [1.807, 2.05) is 67.6 Å². The van der Waals surface area contributed by atoms with Gasteiger partial charge in [-0.3, -0.25) is 9.69 Å². The van der Waals surface area contributed by atoms with E-state index in [1.54, 1.807) is 31.3 Å². The number of amidine groups is 1. The van der Waals surface area contributed by atoms with E-state index in [2.05, 4.69) is 0 Å². The molecule has 0 aromatic heterocycles. The van der Waals surface area contributed by atoms with Crippen molar-refractivity contribution in [3.63, 3.8) is 0 Å².